The summed E-state index contributed by atoms with van der Waals surface area (Å²) < 4.78 is 0. The highest BCUT2D eigenvalue weighted by Gasteiger charge is 2.21. The van der Waals surface area contributed by atoms with Crippen LogP contribution in [0.1, 0.15) is 17.2 Å². The van der Waals surface area contributed by atoms with E-state index in [0.717, 1.165) is 16.3 Å². The van der Waals surface area contributed by atoms with Gasteiger partial charge in [-0.15, -0.1) is 0 Å². The van der Waals surface area contributed by atoms with Crippen molar-refractivity contribution in [2.24, 2.45) is 5.73 Å². The number of pyridine rings is 1. The molecule has 3 nitrogen and oxygen atoms in total. The second kappa shape index (κ2) is 5.54. The van der Waals surface area contributed by atoms with Crippen molar-refractivity contribution >= 4 is 28.3 Å². The van der Waals surface area contributed by atoms with Crippen LogP contribution in [-0.4, -0.2) is 10.9 Å². The van der Waals surface area contributed by atoms with Crippen molar-refractivity contribution in [2.75, 3.05) is 0 Å². The lowest BCUT2D eigenvalue weighted by molar-refractivity contribution is -0.118. The maximum Gasteiger partial charge on any atom is 0.231 e. The van der Waals surface area contributed by atoms with Gasteiger partial charge in [0.1, 0.15) is 5.92 Å². The van der Waals surface area contributed by atoms with Crippen LogP contribution in [0.4, 0.5) is 0 Å². The first kappa shape index (κ1) is 13.6. The van der Waals surface area contributed by atoms with Crippen molar-refractivity contribution in [3.05, 3.63) is 77.1 Å². The molecule has 0 fully saturated rings. The third-order valence-electron chi connectivity index (χ3n) is 3.44. The van der Waals surface area contributed by atoms with Crippen LogP contribution in [-0.2, 0) is 4.79 Å². The lowest BCUT2D eigenvalue weighted by Crippen LogP contribution is -2.23. The first-order valence-electron chi connectivity index (χ1n) is 6.54. The number of nitrogens with two attached hydrogens (primary N) is 1. The van der Waals surface area contributed by atoms with Gasteiger partial charge in [-0.05, 0) is 29.1 Å². The minimum atomic E-state index is -0.577. The normalized spacial score (nSPS) is 12.2. The Balaban J connectivity index is 2.11. The third kappa shape index (κ3) is 2.73. The number of aromatic nitrogens is 1. The maximum absolute atomic E-state index is 11.9. The first-order chi connectivity index (χ1) is 10.1. The molecular formula is C17H13ClN2O. The average molecular weight is 297 g/mol. The minimum absolute atomic E-state index is 0.430. The molecule has 0 saturated heterocycles. The summed E-state index contributed by atoms with van der Waals surface area (Å²) in [6, 6.07) is 16.9. The molecule has 0 aliphatic carbocycles. The molecule has 2 N–H and O–H groups in total. The van der Waals surface area contributed by atoms with E-state index in [9.17, 15) is 4.79 Å². The van der Waals surface area contributed by atoms with Gasteiger partial charge < -0.3 is 5.73 Å². The molecule has 4 heteroatoms. The Bertz CT molecular complexity index is 799. The van der Waals surface area contributed by atoms with Crippen LogP contribution in [0, 0.1) is 0 Å². The molecule has 0 bridgehead atoms. The zero-order chi connectivity index (χ0) is 14.8. The predicted octanol–water partition coefficient (Wildman–Crippen LogP) is 3.51. The minimum Gasteiger partial charge on any atom is -0.369 e. The smallest absolute Gasteiger partial charge is 0.231 e. The molecule has 21 heavy (non-hydrogen) atoms. The second-order valence-corrected chi connectivity index (χ2v) is 5.28. The molecule has 1 unspecified atom stereocenters. The van der Waals surface area contributed by atoms with Gasteiger partial charge in [-0.1, -0.05) is 48.0 Å². The van der Waals surface area contributed by atoms with E-state index >= 15 is 0 Å². The number of primary amides is 1. The molecule has 1 atom stereocenters. The number of hydrogen-bond donors (Lipinski definition) is 1. The molecule has 3 rings (SSSR count). The lowest BCUT2D eigenvalue weighted by Gasteiger charge is -2.14. The zero-order valence-electron chi connectivity index (χ0n) is 11.2. The van der Waals surface area contributed by atoms with Crippen LogP contribution in [0.15, 0.2) is 60.8 Å². The Morgan fingerprint density at radius 3 is 2.38 bits per heavy atom. The van der Waals surface area contributed by atoms with Crippen molar-refractivity contribution in [3.8, 4) is 0 Å². The molecule has 104 valence electrons. The fourth-order valence-electron chi connectivity index (χ4n) is 2.39. The molecule has 1 heterocycles. The number of rotatable bonds is 3. The van der Waals surface area contributed by atoms with Gasteiger partial charge in [-0.3, -0.25) is 9.78 Å². The van der Waals surface area contributed by atoms with Crippen LogP contribution < -0.4 is 5.73 Å². The van der Waals surface area contributed by atoms with Gasteiger partial charge in [0, 0.05) is 16.6 Å². The van der Waals surface area contributed by atoms with Gasteiger partial charge in [0.25, 0.3) is 0 Å². The summed E-state index contributed by atoms with van der Waals surface area (Å²) in [6.45, 7) is 0. The Morgan fingerprint density at radius 1 is 1.05 bits per heavy atom. The number of benzene rings is 2. The van der Waals surface area contributed by atoms with Crippen LogP contribution >= 0.6 is 11.6 Å². The quantitative estimate of drug-likeness (QED) is 0.804. The highest BCUT2D eigenvalue weighted by atomic mass is 35.5. The monoisotopic (exact) mass is 296 g/mol. The third-order valence-corrected chi connectivity index (χ3v) is 3.69. The molecule has 0 spiro atoms. The molecular weight excluding hydrogens is 284 g/mol. The summed E-state index contributed by atoms with van der Waals surface area (Å²) >= 11 is 5.89. The van der Waals surface area contributed by atoms with Gasteiger partial charge >= 0.3 is 0 Å². The number of hydrogen-bond acceptors (Lipinski definition) is 2. The summed E-state index contributed by atoms with van der Waals surface area (Å²) in [5, 5.41) is 2.68. The second-order valence-electron chi connectivity index (χ2n) is 4.84. The molecule has 1 amide bonds. The van der Waals surface area contributed by atoms with E-state index in [0.29, 0.717) is 10.7 Å². The van der Waals surface area contributed by atoms with Gasteiger partial charge in [-0.25, -0.2) is 0 Å². The average Bonchev–Trinajstić information content (AvgIpc) is 2.49. The Labute approximate surface area is 127 Å². The summed E-state index contributed by atoms with van der Waals surface area (Å²) in [5.74, 6) is -1.01. The van der Waals surface area contributed by atoms with Gasteiger partial charge in [0.15, 0.2) is 0 Å². The van der Waals surface area contributed by atoms with Gasteiger partial charge in [0.05, 0.1) is 5.69 Å². The topological polar surface area (TPSA) is 56.0 Å². The summed E-state index contributed by atoms with van der Waals surface area (Å²) in [4.78, 5) is 16.3. The molecule has 0 saturated carbocycles. The summed E-state index contributed by atoms with van der Waals surface area (Å²) in [5.41, 5.74) is 7.00. The van der Waals surface area contributed by atoms with E-state index in [1.54, 1.807) is 30.5 Å². The number of fused-ring (bicyclic) bond motifs is 1. The predicted molar refractivity (Wildman–Crippen MR) is 84.2 cm³/mol. The fraction of sp³-hybridized carbons (Fsp3) is 0.0588. The van der Waals surface area contributed by atoms with E-state index < -0.39 is 11.8 Å². The molecule has 0 aliphatic rings. The van der Waals surface area contributed by atoms with E-state index in [-0.39, 0.29) is 0 Å². The van der Waals surface area contributed by atoms with Crippen molar-refractivity contribution in [1.29, 1.82) is 0 Å². The maximum atomic E-state index is 11.9. The Morgan fingerprint density at radius 2 is 1.71 bits per heavy atom. The van der Waals surface area contributed by atoms with Gasteiger partial charge in [-0.2, -0.15) is 0 Å². The number of nitrogens with zero attached hydrogens (tertiary/aromatic N) is 1. The molecule has 0 aliphatic heterocycles. The van der Waals surface area contributed by atoms with E-state index in [2.05, 4.69) is 4.98 Å². The number of carbonyl (C=O) groups is 1. The van der Waals surface area contributed by atoms with E-state index in [4.69, 9.17) is 17.3 Å². The zero-order valence-corrected chi connectivity index (χ0v) is 11.9. The van der Waals surface area contributed by atoms with Crippen LogP contribution in [0.25, 0.3) is 10.8 Å². The van der Waals surface area contributed by atoms with Crippen molar-refractivity contribution < 1.29 is 4.79 Å². The lowest BCUT2D eigenvalue weighted by atomic mass is 9.93. The summed E-state index contributed by atoms with van der Waals surface area (Å²) in [7, 11) is 0. The molecule has 2 aromatic carbocycles. The van der Waals surface area contributed by atoms with E-state index in [1.165, 1.54) is 0 Å². The Hall–Kier alpha value is -2.39. The van der Waals surface area contributed by atoms with Crippen molar-refractivity contribution in [1.82, 2.24) is 4.98 Å². The molecule has 0 radical (unpaired) electrons. The number of carbonyl (C=O) groups excluding carboxylic acids is 1. The van der Waals surface area contributed by atoms with Crippen LogP contribution in [0.5, 0.6) is 0 Å². The SMILES string of the molecule is NC(=O)C(c1ccc(Cl)cc1)c1cc2ccccc2cn1. The Kier molecular flexibility index (Phi) is 3.59. The number of halogens is 1. The molecule has 3 aromatic rings. The van der Waals surface area contributed by atoms with E-state index in [1.807, 2.05) is 30.3 Å². The standard InChI is InChI=1S/C17H13ClN2O/c18-14-7-5-11(6-8-14)16(17(19)21)15-9-12-3-1-2-4-13(12)10-20-15/h1-10,16H,(H2,19,21). The van der Waals surface area contributed by atoms with Gasteiger partial charge in [0.2, 0.25) is 5.91 Å². The fourth-order valence-corrected chi connectivity index (χ4v) is 2.52. The van der Waals surface area contributed by atoms with Crippen LogP contribution in [0.3, 0.4) is 0 Å². The highest BCUT2D eigenvalue weighted by molar-refractivity contribution is 6.30. The summed E-state index contributed by atoms with van der Waals surface area (Å²) in [6.07, 6.45) is 1.76. The molecule has 1 aromatic heterocycles. The van der Waals surface area contributed by atoms with Crippen molar-refractivity contribution in [3.63, 3.8) is 0 Å². The largest absolute Gasteiger partial charge is 0.369 e. The van der Waals surface area contributed by atoms with Crippen molar-refractivity contribution in [2.45, 2.75) is 5.92 Å². The van der Waals surface area contributed by atoms with Crippen LogP contribution in [0.2, 0.25) is 5.02 Å². The first-order valence-corrected chi connectivity index (χ1v) is 6.92. The highest BCUT2D eigenvalue weighted by Crippen LogP contribution is 2.26. The number of amides is 1.